The van der Waals surface area contributed by atoms with Crippen LogP contribution >= 0.6 is 0 Å². The smallest absolute Gasteiger partial charge is 0.108 e. The normalized spacial score (nSPS) is 17.4. The van der Waals surface area contributed by atoms with Gasteiger partial charge in [0.05, 0.1) is 0 Å². The van der Waals surface area contributed by atoms with Crippen LogP contribution in [0.2, 0.25) is 0 Å². The van der Waals surface area contributed by atoms with E-state index < -0.39 is 5.67 Å². The summed E-state index contributed by atoms with van der Waals surface area (Å²) in [7, 11) is 0. The maximum Gasteiger partial charge on any atom is 0.108 e. The lowest BCUT2D eigenvalue weighted by atomic mass is 9.95. The van der Waals surface area contributed by atoms with Gasteiger partial charge in [-0.25, -0.2) is 4.39 Å². The molecule has 0 N–H and O–H groups in total. The molecule has 10 heavy (non-hydrogen) atoms. The molecular weight excluding hydrogens is 127 g/mol. The average Bonchev–Trinajstić information content (AvgIpc) is 1.85. The number of halogens is 1. The Morgan fingerprint density at radius 2 is 1.90 bits per heavy atom. The van der Waals surface area contributed by atoms with Crippen LogP contribution in [0.3, 0.4) is 0 Å². The van der Waals surface area contributed by atoms with Crippen LogP contribution < -0.4 is 0 Å². The summed E-state index contributed by atoms with van der Waals surface area (Å²) in [5.41, 5.74) is -0.926. The Bertz CT molecular complexity index is 84.7. The highest BCUT2D eigenvalue weighted by atomic mass is 19.1. The second-order valence-corrected chi connectivity index (χ2v) is 3.70. The molecule has 0 nitrogen and oxygen atoms in total. The van der Waals surface area contributed by atoms with Crippen LogP contribution in [0.1, 0.15) is 47.0 Å². The minimum Gasteiger partial charge on any atom is -0.244 e. The first-order valence-electron chi connectivity index (χ1n) is 4.17. The first kappa shape index (κ1) is 9.93. The highest BCUT2D eigenvalue weighted by Gasteiger charge is 2.19. The fourth-order valence-electron chi connectivity index (χ4n) is 0.766. The number of rotatable bonds is 4. The molecule has 62 valence electrons. The zero-order chi connectivity index (χ0) is 8.20. The van der Waals surface area contributed by atoms with Crippen LogP contribution in [-0.2, 0) is 0 Å². The predicted octanol–water partition coefficient (Wildman–Crippen LogP) is 3.56. The molecule has 0 bridgehead atoms. The van der Waals surface area contributed by atoms with E-state index in [1.807, 2.05) is 6.92 Å². The van der Waals surface area contributed by atoms with E-state index in [4.69, 9.17) is 0 Å². The molecule has 0 amide bonds. The van der Waals surface area contributed by atoms with Gasteiger partial charge in [0.1, 0.15) is 5.67 Å². The lowest BCUT2D eigenvalue weighted by Gasteiger charge is -2.18. The molecule has 0 aliphatic rings. The minimum atomic E-state index is -0.926. The molecule has 0 aromatic rings. The SMILES string of the molecule is CCC(C)(F)CCC(C)C. The zero-order valence-electron chi connectivity index (χ0n) is 7.58. The van der Waals surface area contributed by atoms with Crippen LogP contribution in [-0.4, -0.2) is 5.67 Å². The van der Waals surface area contributed by atoms with Crippen molar-refractivity contribution in [2.45, 2.75) is 52.6 Å². The molecule has 1 heteroatoms. The highest BCUT2D eigenvalue weighted by Crippen LogP contribution is 2.23. The fraction of sp³-hybridized carbons (Fsp3) is 1.00. The van der Waals surface area contributed by atoms with E-state index in [1.54, 1.807) is 6.92 Å². The van der Waals surface area contributed by atoms with E-state index in [1.165, 1.54) is 0 Å². The van der Waals surface area contributed by atoms with Gasteiger partial charge in [0, 0.05) is 0 Å². The molecule has 0 rings (SSSR count). The van der Waals surface area contributed by atoms with Gasteiger partial charge in [0.25, 0.3) is 0 Å². The Hall–Kier alpha value is -0.0700. The van der Waals surface area contributed by atoms with Gasteiger partial charge in [-0.15, -0.1) is 0 Å². The highest BCUT2D eigenvalue weighted by molar-refractivity contribution is 4.70. The minimum absolute atomic E-state index is 0.627. The van der Waals surface area contributed by atoms with E-state index in [-0.39, 0.29) is 0 Å². The molecule has 0 spiro atoms. The monoisotopic (exact) mass is 146 g/mol. The van der Waals surface area contributed by atoms with Crippen molar-refractivity contribution in [1.29, 1.82) is 0 Å². The Morgan fingerprint density at radius 1 is 1.40 bits per heavy atom. The third-order valence-electron chi connectivity index (χ3n) is 1.98. The maximum absolute atomic E-state index is 13.2. The summed E-state index contributed by atoms with van der Waals surface area (Å²) in [6.07, 6.45) is 2.35. The molecule has 0 aromatic carbocycles. The van der Waals surface area contributed by atoms with Crippen molar-refractivity contribution in [1.82, 2.24) is 0 Å². The molecule has 0 aliphatic heterocycles. The van der Waals surface area contributed by atoms with Gasteiger partial charge in [-0.2, -0.15) is 0 Å². The maximum atomic E-state index is 13.2. The lowest BCUT2D eigenvalue weighted by Crippen LogP contribution is -2.16. The van der Waals surface area contributed by atoms with E-state index in [0.29, 0.717) is 18.8 Å². The second kappa shape index (κ2) is 3.95. The van der Waals surface area contributed by atoms with E-state index >= 15 is 0 Å². The molecule has 0 radical (unpaired) electrons. The number of alkyl halides is 1. The summed E-state index contributed by atoms with van der Waals surface area (Å²) < 4.78 is 13.2. The summed E-state index contributed by atoms with van der Waals surface area (Å²) in [5, 5.41) is 0. The van der Waals surface area contributed by atoms with E-state index in [9.17, 15) is 4.39 Å². The van der Waals surface area contributed by atoms with Gasteiger partial charge < -0.3 is 0 Å². The zero-order valence-corrected chi connectivity index (χ0v) is 7.58. The molecule has 0 saturated carbocycles. The third kappa shape index (κ3) is 4.78. The predicted molar refractivity (Wildman–Crippen MR) is 43.9 cm³/mol. The first-order valence-corrected chi connectivity index (χ1v) is 4.17. The Morgan fingerprint density at radius 3 is 2.20 bits per heavy atom. The van der Waals surface area contributed by atoms with Crippen LogP contribution in [0.15, 0.2) is 0 Å². The largest absolute Gasteiger partial charge is 0.244 e. The first-order chi connectivity index (χ1) is 4.48. The fourth-order valence-corrected chi connectivity index (χ4v) is 0.766. The summed E-state index contributed by atoms with van der Waals surface area (Å²) in [6, 6.07) is 0. The van der Waals surface area contributed by atoms with Gasteiger partial charge in [0.15, 0.2) is 0 Å². The summed E-state index contributed by atoms with van der Waals surface area (Å²) in [4.78, 5) is 0. The van der Waals surface area contributed by atoms with Crippen molar-refractivity contribution < 1.29 is 4.39 Å². The van der Waals surface area contributed by atoms with Crippen molar-refractivity contribution in [2.24, 2.45) is 5.92 Å². The summed E-state index contributed by atoms with van der Waals surface area (Å²) >= 11 is 0. The van der Waals surface area contributed by atoms with Crippen molar-refractivity contribution in [3.63, 3.8) is 0 Å². The van der Waals surface area contributed by atoms with Crippen molar-refractivity contribution in [3.8, 4) is 0 Å². The van der Waals surface area contributed by atoms with Crippen molar-refractivity contribution >= 4 is 0 Å². The van der Waals surface area contributed by atoms with Gasteiger partial charge in [0.2, 0.25) is 0 Å². The van der Waals surface area contributed by atoms with E-state index in [0.717, 1.165) is 6.42 Å². The van der Waals surface area contributed by atoms with Crippen LogP contribution in [0.4, 0.5) is 4.39 Å². The van der Waals surface area contributed by atoms with Gasteiger partial charge in [-0.05, 0) is 32.1 Å². The molecule has 1 unspecified atom stereocenters. The molecule has 0 saturated heterocycles. The lowest BCUT2D eigenvalue weighted by molar-refractivity contribution is 0.158. The number of hydrogen-bond acceptors (Lipinski definition) is 0. The summed E-state index contributed by atoms with van der Waals surface area (Å²) in [5.74, 6) is 0.627. The average molecular weight is 146 g/mol. The Labute approximate surface area is 63.8 Å². The van der Waals surface area contributed by atoms with Gasteiger partial charge in [-0.3, -0.25) is 0 Å². The summed E-state index contributed by atoms with van der Waals surface area (Å²) in [6.45, 7) is 7.85. The molecule has 0 fully saturated rings. The quantitative estimate of drug-likeness (QED) is 0.569. The van der Waals surface area contributed by atoms with Crippen LogP contribution in [0.5, 0.6) is 0 Å². The van der Waals surface area contributed by atoms with Crippen molar-refractivity contribution in [2.75, 3.05) is 0 Å². The van der Waals surface area contributed by atoms with Crippen molar-refractivity contribution in [3.05, 3.63) is 0 Å². The molecule has 0 heterocycles. The third-order valence-corrected chi connectivity index (χ3v) is 1.98. The number of hydrogen-bond donors (Lipinski definition) is 0. The van der Waals surface area contributed by atoms with Crippen LogP contribution in [0.25, 0.3) is 0 Å². The topological polar surface area (TPSA) is 0 Å². The van der Waals surface area contributed by atoms with E-state index in [2.05, 4.69) is 13.8 Å². The second-order valence-electron chi connectivity index (χ2n) is 3.70. The molecule has 1 atom stereocenters. The molecule has 0 aromatic heterocycles. The van der Waals surface area contributed by atoms with Gasteiger partial charge in [-0.1, -0.05) is 20.8 Å². The molecule has 0 aliphatic carbocycles. The van der Waals surface area contributed by atoms with Crippen LogP contribution in [0, 0.1) is 5.92 Å². The van der Waals surface area contributed by atoms with Gasteiger partial charge >= 0.3 is 0 Å². The Kier molecular flexibility index (Phi) is 3.92. The molecular formula is C9H19F. The standard InChI is InChI=1S/C9H19F/c1-5-9(4,10)7-6-8(2)3/h8H,5-7H2,1-4H3. The Balaban J connectivity index is 3.46.